The fourth-order valence-electron chi connectivity index (χ4n) is 1.83. The Kier molecular flexibility index (Phi) is 6.53. The predicted octanol–water partition coefficient (Wildman–Crippen LogP) is 2.90. The number of halogens is 1. The van der Waals surface area contributed by atoms with E-state index in [1.807, 2.05) is 37.5 Å². The van der Waals surface area contributed by atoms with E-state index in [2.05, 4.69) is 24.3 Å². The van der Waals surface area contributed by atoms with Crippen molar-refractivity contribution in [1.29, 1.82) is 0 Å². The molecule has 1 atom stereocenters. The molecule has 0 aromatic carbocycles. The SMILES string of the molecule is CNC(CSCC(C)C)Cc1c(Cl)c(C)nn1C. The van der Waals surface area contributed by atoms with Gasteiger partial charge in [0.1, 0.15) is 0 Å². The molecule has 0 saturated carbocycles. The van der Waals surface area contributed by atoms with E-state index in [-0.39, 0.29) is 0 Å². The molecule has 0 saturated heterocycles. The van der Waals surface area contributed by atoms with Crippen molar-refractivity contribution in [3.63, 3.8) is 0 Å². The molecule has 18 heavy (non-hydrogen) atoms. The monoisotopic (exact) mass is 289 g/mol. The number of hydrogen-bond donors (Lipinski definition) is 1. The van der Waals surface area contributed by atoms with E-state index in [0.717, 1.165) is 34.5 Å². The van der Waals surface area contributed by atoms with Crippen molar-refractivity contribution in [2.45, 2.75) is 33.2 Å². The second-order valence-electron chi connectivity index (χ2n) is 5.09. The van der Waals surface area contributed by atoms with Crippen molar-refractivity contribution in [1.82, 2.24) is 15.1 Å². The van der Waals surface area contributed by atoms with Crippen molar-refractivity contribution in [2.24, 2.45) is 13.0 Å². The zero-order valence-electron chi connectivity index (χ0n) is 12.0. The van der Waals surface area contributed by atoms with Gasteiger partial charge in [-0.05, 0) is 25.6 Å². The highest BCUT2D eigenvalue weighted by atomic mass is 35.5. The molecular weight excluding hydrogens is 266 g/mol. The minimum Gasteiger partial charge on any atom is -0.316 e. The van der Waals surface area contributed by atoms with Crippen LogP contribution in [0.15, 0.2) is 0 Å². The highest BCUT2D eigenvalue weighted by Crippen LogP contribution is 2.21. The van der Waals surface area contributed by atoms with Crippen LogP contribution in [0.25, 0.3) is 0 Å². The second kappa shape index (κ2) is 7.41. The predicted molar refractivity (Wildman–Crippen MR) is 81.7 cm³/mol. The van der Waals surface area contributed by atoms with Crippen molar-refractivity contribution in [3.8, 4) is 0 Å². The summed E-state index contributed by atoms with van der Waals surface area (Å²) in [7, 11) is 3.97. The van der Waals surface area contributed by atoms with Crippen molar-refractivity contribution in [2.75, 3.05) is 18.6 Å². The first-order valence-electron chi connectivity index (χ1n) is 6.38. The van der Waals surface area contributed by atoms with E-state index in [1.54, 1.807) is 0 Å². The van der Waals surface area contributed by atoms with Crippen molar-refractivity contribution in [3.05, 3.63) is 16.4 Å². The molecule has 3 nitrogen and oxygen atoms in total. The van der Waals surface area contributed by atoms with E-state index in [9.17, 15) is 0 Å². The molecule has 0 aliphatic rings. The molecule has 0 aliphatic carbocycles. The molecule has 5 heteroatoms. The molecule has 0 aliphatic heterocycles. The van der Waals surface area contributed by atoms with Gasteiger partial charge in [-0.2, -0.15) is 16.9 Å². The van der Waals surface area contributed by atoms with E-state index >= 15 is 0 Å². The summed E-state index contributed by atoms with van der Waals surface area (Å²) in [6.07, 6.45) is 0.928. The molecule has 1 unspecified atom stereocenters. The summed E-state index contributed by atoms with van der Waals surface area (Å²) in [4.78, 5) is 0. The summed E-state index contributed by atoms with van der Waals surface area (Å²) in [5, 5.41) is 8.54. The van der Waals surface area contributed by atoms with Gasteiger partial charge in [-0.15, -0.1) is 0 Å². The van der Waals surface area contributed by atoms with Crippen LogP contribution in [0.2, 0.25) is 5.02 Å². The van der Waals surface area contributed by atoms with Gasteiger partial charge in [-0.3, -0.25) is 4.68 Å². The first-order valence-corrected chi connectivity index (χ1v) is 7.92. The molecule has 1 N–H and O–H groups in total. The average Bonchev–Trinajstić information content (AvgIpc) is 2.53. The molecule has 104 valence electrons. The summed E-state index contributed by atoms with van der Waals surface area (Å²) < 4.78 is 1.90. The lowest BCUT2D eigenvalue weighted by Crippen LogP contribution is -2.31. The first kappa shape index (κ1) is 15.9. The van der Waals surface area contributed by atoms with Crippen LogP contribution in [0.3, 0.4) is 0 Å². The van der Waals surface area contributed by atoms with Crippen LogP contribution < -0.4 is 5.32 Å². The Labute approximate surface area is 120 Å². The van der Waals surface area contributed by atoms with Crippen LogP contribution in [-0.2, 0) is 13.5 Å². The third-order valence-electron chi connectivity index (χ3n) is 2.88. The molecule has 0 amide bonds. The van der Waals surface area contributed by atoms with Gasteiger partial charge in [0.25, 0.3) is 0 Å². The maximum atomic E-state index is 6.28. The van der Waals surface area contributed by atoms with Gasteiger partial charge in [-0.25, -0.2) is 0 Å². The highest BCUT2D eigenvalue weighted by molar-refractivity contribution is 7.99. The lowest BCUT2D eigenvalue weighted by molar-refractivity contribution is 0.581. The summed E-state index contributed by atoms with van der Waals surface area (Å²) in [5.41, 5.74) is 2.04. The topological polar surface area (TPSA) is 29.9 Å². The average molecular weight is 290 g/mol. The number of thioether (sulfide) groups is 1. The van der Waals surface area contributed by atoms with E-state index < -0.39 is 0 Å². The Morgan fingerprint density at radius 3 is 2.50 bits per heavy atom. The van der Waals surface area contributed by atoms with Crippen LogP contribution in [0.4, 0.5) is 0 Å². The number of rotatable bonds is 7. The lowest BCUT2D eigenvalue weighted by Gasteiger charge is -2.16. The molecule has 0 fully saturated rings. The van der Waals surface area contributed by atoms with Crippen molar-refractivity contribution >= 4 is 23.4 Å². The zero-order chi connectivity index (χ0) is 13.7. The maximum absolute atomic E-state index is 6.28. The quantitative estimate of drug-likeness (QED) is 0.837. The minimum atomic E-state index is 0.445. The van der Waals surface area contributed by atoms with Crippen LogP contribution in [0, 0.1) is 12.8 Å². The number of aromatic nitrogens is 2. The molecule has 0 radical (unpaired) electrons. The summed E-state index contributed by atoms with van der Waals surface area (Å²) in [5.74, 6) is 3.06. The zero-order valence-corrected chi connectivity index (χ0v) is 13.5. The Morgan fingerprint density at radius 2 is 2.06 bits per heavy atom. The van der Waals surface area contributed by atoms with E-state index in [0.29, 0.717) is 6.04 Å². The third-order valence-corrected chi connectivity index (χ3v) is 4.91. The van der Waals surface area contributed by atoms with Gasteiger partial charge in [-0.1, -0.05) is 25.4 Å². The van der Waals surface area contributed by atoms with Crippen LogP contribution in [0.5, 0.6) is 0 Å². The van der Waals surface area contributed by atoms with Gasteiger partial charge < -0.3 is 5.32 Å². The molecular formula is C13H24ClN3S. The van der Waals surface area contributed by atoms with E-state index in [1.165, 1.54) is 5.75 Å². The first-order chi connectivity index (χ1) is 8.45. The Hall–Kier alpha value is -0.190. The largest absolute Gasteiger partial charge is 0.316 e. The Morgan fingerprint density at radius 1 is 1.39 bits per heavy atom. The van der Waals surface area contributed by atoms with Crippen LogP contribution >= 0.6 is 23.4 Å². The van der Waals surface area contributed by atoms with Gasteiger partial charge in [0.15, 0.2) is 0 Å². The minimum absolute atomic E-state index is 0.445. The smallest absolute Gasteiger partial charge is 0.0847 e. The summed E-state index contributed by atoms with van der Waals surface area (Å²) in [6.45, 7) is 6.46. The molecule has 1 heterocycles. The number of aryl methyl sites for hydroxylation is 2. The fourth-order valence-corrected chi connectivity index (χ4v) is 3.24. The lowest BCUT2D eigenvalue weighted by atomic mass is 10.2. The van der Waals surface area contributed by atoms with Gasteiger partial charge in [0.05, 0.1) is 16.4 Å². The second-order valence-corrected chi connectivity index (χ2v) is 6.54. The Balaban J connectivity index is 2.57. The van der Waals surface area contributed by atoms with Crippen molar-refractivity contribution < 1.29 is 0 Å². The third kappa shape index (κ3) is 4.48. The molecule has 1 aromatic heterocycles. The molecule has 1 rings (SSSR count). The fraction of sp³-hybridized carbons (Fsp3) is 0.769. The van der Waals surface area contributed by atoms with Gasteiger partial charge in [0, 0.05) is 25.3 Å². The Bertz CT molecular complexity index is 377. The van der Waals surface area contributed by atoms with Crippen LogP contribution in [0.1, 0.15) is 25.2 Å². The number of nitrogens with one attached hydrogen (secondary N) is 1. The van der Waals surface area contributed by atoms with Gasteiger partial charge in [0.2, 0.25) is 0 Å². The normalized spacial score (nSPS) is 13.3. The van der Waals surface area contributed by atoms with Crippen LogP contribution in [-0.4, -0.2) is 34.4 Å². The number of hydrogen-bond acceptors (Lipinski definition) is 3. The highest BCUT2D eigenvalue weighted by Gasteiger charge is 2.16. The molecule has 0 spiro atoms. The van der Waals surface area contributed by atoms with Gasteiger partial charge >= 0.3 is 0 Å². The number of likely N-dealkylation sites (N-methyl/N-ethyl adjacent to an activating group) is 1. The summed E-state index contributed by atoms with van der Waals surface area (Å²) >= 11 is 8.28. The molecule has 0 bridgehead atoms. The summed E-state index contributed by atoms with van der Waals surface area (Å²) in [6, 6.07) is 0.445. The van der Waals surface area contributed by atoms with E-state index in [4.69, 9.17) is 11.6 Å². The maximum Gasteiger partial charge on any atom is 0.0847 e. The number of nitrogens with zero attached hydrogens (tertiary/aromatic N) is 2. The standard InChI is InChI=1S/C13H24ClN3S/c1-9(2)7-18-8-11(15-4)6-12-13(14)10(3)16-17(12)5/h9,11,15H,6-8H2,1-5H3. The molecule has 1 aromatic rings.